The highest BCUT2D eigenvalue weighted by molar-refractivity contribution is 9.10. The Morgan fingerprint density at radius 1 is 1.25 bits per heavy atom. The first-order chi connectivity index (χ1) is 9.54. The van der Waals surface area contributed by atoms with Gasteiger partial charge in [0.1, 0.15) is 0 Å². The summed E-state index contributed by atoms with van der Waals surface area (Å²) in [5.41, 5.74) is 2.82. The Balaban J connectivity index is 1.59. The highest BCUT2D eigenvalue weighted by atomic mass is 79.9. The molecule has 2 unspecified atom stereocenters. The summed E-state index contributed by atoms with van der Waals surface area (Å²) in [5.74, 6) is 0.376. The average molecular weight is 358 g/mol. The van der Waals surface area contributed by atoms with E-state index >= 15 is 0 Å². The van der Waals surface area contributed by atoms with Crippen LogP contribution in [0.3, 0.4) is 0 Å². The fourth-order valence-corrected chi connectivity index (χ4v) is 5.47. The van der Waals surface area contributed by atoms with Crippen LogP contribution in [0, 0.1) is 0 Å². The van der Waals surface area contributed by atoms with Crippen LogP contribution in [0.5, 0.6) is 0 Å². The summed E-state index contributed by atoms with van der Waals surface area (Å²) in [5, 5.41) is 3.33. The Kier molecular flexibility index (Phi) is 4.20. The van der Waals surface area contributed by atoms with Crippen LogP contribution in [0.2, 0.25) is 0 Å². The van der Waals surface area contributed by atoms with Gasteiger partial charge in [-0.15, -0.1) is 0 Å². The van der Waals surface area contributed by atoms with E-state index in [4.69, 9.17) is 0 Å². The summed E-state index contributed by atoms with van der Waals surface area (Å²) in [6, 6.07) is 6.88. The van der Waals surface area contributed by atoms with Crippen molar-refractivity contribution in [2.45, 2.75) is 43.4 Å². The van der Waals surface area contributed by atoms with Gasteiger partial charge in [0, 0.05) is 17.1 Å². The van der Waals surface area contributed by atoms with Gasteiger partial charge in [-0.1, -0.05) is 22.0 Å². The second kappa shape index (κ2) is 5.78. The minimum absolute atomic E-state index is 0.159. The highest BCUT2D eigenvalue weighted by Crippen LogP contribution is 2.25. The predicted octanol–water partition coefficient (Wildman–Crippen LogP) is 2.47. The van der Waals surface area contributed by atoms with Crippen molar-refractivity contribution in [2.24, 2.45) is 0 Å². The van der Waals surface area contributed by atoms with Crippen LogP contribution >= 0.6 is 15.9 Å². The third kappa shape index (κ3) is 3.10. The maximum atomic E-state index is 11.8. The van der Waals surface area contributed by atoms with Gasteiger partial charge in [0.2, 0.25) is 0 Å². The third-order valence-corrected chi connectivity index (χ3v) is 7.26. The number of halogens is 1. The van der Waals surface area contributed by atoms with Crippen LogP contribution < -0.4 is 5.32 Å². The third-order valence-electron chi connectivity index (χ3n) is 4.49. The van der Waals surface area contributed by atoms with Crippen LogP contribution in [0.1, 0.15) is 30.4 Å². The maximum absolute atomic E-state index is 11.8. The minimum Gasteiger partial charge on any atom is -0.312 e. The molecular weight excluding hydrogens is 338 g/mol. The molecule has 0 spiro atoms. The molecule has 1 aromatic carbocycles. The molecule has 110 valence electrons. The van der Waals surface area contributed by atoms with Gasteiger partial charge in [0.25, 0.3) is 0 Å². The van der Waals surface area contributed by atoms with E-state index in [2.05, 4.69) is 39.4 Å². The van der Waals surface area contributed by atoms with Crippen molar-refractivity contribution in [2.75, 3.05) is 12.3 Å². The van der Waals surface area contributed by atoms with Crippen molar-refractivity contribution in [3.63, 3.8) is 0 Å². The largest absolute Gasteiger partial charge is 0.312 e. The van der Waals surface area contributed by atoms with Gasteiger partial charge < -0.3 is 5.32 Å². The zero-order valence-electron chi connectivity index (χ0n) is 11.4. The second-order valence-electron chi connectivity index (χ2n) is 5.89. The lowest BCUT2D eigenvalue weighted by molar-refractivity contribution is 0.451. The van der Waals surface area contributed by atoms with Crippen molar-refractivity contribution < 1.29 is 8.42 Å². The number of hydrogen-bond acceptors (Lipinski definition) is 3. The van der Waals surface area contributed by atoms with E-state index in [1.807, 2.05) is 0 Å². The predicted molar refractivity (Wildman–Crippen MR) is 84.8 cm³/mol. The van der Waals surface area contributed by atoms with Crippen LogP contribution in [0.25, 0.3) is 0 Å². The molecule has 1 fully saturated rings. The quantitative estimate of drug-likeness (QED) is 0.903. The van der Waals surface area contributed by atoms with E-state index in [0.717, 1.165) is 36.6 Å². The first-order valence-electron chi connectivity index (χ1n) is 7.27. The number of fused-ring (bicyclic) bond motifs is 1. The van der Waals surface area contributed by atoms with Gasteiger partial charge in [-0.2, -0.15) is 0 Å². The Morgan fingerprint density at radius 2 is 2.10 bits per heavy atom. The summed E-state index contributed by atoms with van der Waals surface area (Å²) < 4.78 is 24.8. The summed E-state index contributed by atoms with van der Waals surface area (Å²) >= 11 is 3.51. The van der Waals surface area contributed by atoms with Gasteiger partial charge in [-0.25, -0.2) is 8.42 Å². The lowest BCUT2D eigenvalue weighted by atomic mass is 9.88. The Bertz CT molecular complexity index is 600. The molecule has 1 aliphatic carbocycles. The lowest BCUT2D eigenvalue weighted by Gasteiger charge is -2.26. The number of aryl methyl sites for hydroxylation is 1. The van der Waals surface area contributed by atoms with Gasteiger partial charge in [-0.3, -0.25) is 0 Å². The summed E-state index contributed by atoms with van der Waals surface area (Å²) in [6.45, 7) is 0.624. The molecule has 5 heteroatoms. The van der Waals surface area contributed by atoms with E-state index in [1.165, 1.54) is 11.1 Å². The minimum atomic E-state index is -2.82. The van der Waals surface area contributed by atoms with Crippen LogP contribution in [-0.4, -0.2) is 32.0 Å². The average Bonchev–Trinajstić information content (AvgIpc) is 2.75. The van der Waals surface area contributed by atoms with Crippen LogP contribution in [0.4, 0.5) is 0 Å². The topological polar surface area (TPSA) is 46.2 Å². The van der Waals surface area contributed by atoms with Crippen LogP contribution in [-0.2, 0) is 22.7 Å². The number of nitrogens with one attached hydrogen (secondary N) is 1. The smallest absolute Gasteiger partial charge is 0.154 e. The molecule has 0 bridgehead atoms. The number of rotatable bonds is 3. The highest BCUT2D eigenvalue weighted by Gasteiger charge is 2.31. The number of hydrogen-bond donors (Lipinski definition) is 1. The first-order valence-corrected chi connectivity index (χ1v) is 9.78. The molecule has 2 aliphatic rings. The molecule has 0 amide bonds. The van der Waals surface area contributed by atoms with Gasteiger partial charge in [0.05, 0.1) is 11.0 Å². The Morgan fingerprint density at radius 3 is 2.85 bits per heavy atom. The molecule has 0 radical (unpaired) electrons. The van der Waals surface area contributed by atoms with Crippen molar-refractivity contribution in [1.29, 1.82) is 0 Å². The molecule has 2 atom stereocenters. The van der Waals surface area contributed by atoms with Crippen molar-refractivity contribution in [3.05, 3.63) is 33.8 Å². The lowest BCUT2D eigenvalue weighted by Crippen LogP contribution is -2.40. The monoisotopic (exact) mass is 357 g/mol. The van der Waals surface area contributed by atoms with E-state index in [-0.39, 0.29) is 5.25 Å². The summed E-state index contributed by atoms with van der Waals surface area (Å²) in [6.07, 6.45) is 4.83. The van der Waals surface area contributed by atoms with Gasteiger partial charge >= 0.3 is 0 Å². The number of sulfone groups is 1. The molecule has 1 heterocycles. The molecule has 1 aromatic rings. The molecule has 0 aromatic heterocycles. The van der Waals surface area contributed by atoms with Crippen molar-refractivity contribution in [3.8, 4) is 0 Å². The standard InChI is InChI=1S/C15H20BrNO2S/c16-13-5-3-12-9-14(6-4-11(12)8-13)17-10-15-2-1-7-20(15,18)19/h3,5,8,14-15,17H,1-2,4,6-7,9-10H2. The number of benzene rings is 1. The Labute approximate surface area is 129 Å². The molecular formula is C15H20BrNO2S. The van der Waals surface area contributed by atoms with E-state index in [0.29, 0.717) is 18.3 Å². The molecule has 20 heavy (non-hydrogen) atoms. The SMILES string of the molecule is O=S1(=O)CCCC1CNC1CCc2cc(Br)ccc2C1. The fraction of sp³-hybridized carbons (Fsp3) is 0.600. The normalized spacial score (nSPS) is 28.2. The summed E-state index contributed by atoms with van der Waals surface area (Å²) in [4.78, 5) is 0. The summed E-state index contributed by atoms with van der Waals surface area (Å²) in [7, 11) is -2.82. The fourth-order valence-electron chi connectivity index (χ4n) is 3.28. The molecule has 3 rings (SSSR count). The van der Waals surface area contributed by atoms with Gasteiger partial charge in [0.15, 0.2) is 9.84 Å². The zero-order valence-corrected chi connectivity index (χ0v) is 13.8. The molecule has 0 saturated carbocycles. The van der Waals surface area contributed by atoms with E-state index in [9.17, 15) is 8.42 Å². The van der Waals surface area contributed by atoms with Crippen molar-refractivity contribution >= 4 is 25.8 Å². The molecule has 1 saturated heterocycles. The first kappa shape index (κ1) is 14.5. The van der Waals surface area contributed by atoms with Gasteiger partial charge in [-0.05, 0) is 55.4 Å². The Hall–Kier alpha value is -0.390. The van der Waals surface area contributed by atoms with Crippen LogP contribution in [0.15, 0.2) is 22.7 Å². The van der Waals surface area contributed by atoms with Crippen molar-refractivity contribution in [1.82, 2.24) is 5.32 Å². The van der Waals surface area contributed by atoms with E-state index < -0.39 is 9.84 Å². The molecule has 1 N–H and O–H groups in total. The maximum Gasteiger partial charge on any atom is 0.154 e. The molecule has 3 nitrogen and oxygen atoms in total. The molecule has 1 aliphatic heterocycles. The van der Waals surface area contributed by atoms with E-state index in [1.54, 1.807) is 0 Å². The zero-order chi connectivity index (χ0) is 14.2. The second-order valence-corrected chi connectivity index (χ2v) is 9.21.